The Bertz CT molecular complexity index is 1110. The Labute approximate surface area is 137 Å². The molecule has 0 spiro atoms. The number of allylic oxidation sites excluding steroid dienone is 1. The molecule has 1 aliphatic rings. The molecule has 0 unspecified atom stereocenters. The fraction of sp³-hybridized carbons (Fsp3) is 0.211. The molecule has 0 fully saturated rings. The molecule has 0 bridgehead atoms. The van der Waals surface area contributed by atoms with Crippen LogP contribution in [-0.4, -0.2) is 10.6 Å². The van der Waals surface area contributed by atoms with E-state index in [1.165, 1.54) is 0 Å². The Morgan fingerprint density at radius 3 is 2.71 bits per heavy atom. The van der Waals surface area contributed by atoms with E-state index in [-0.39, 0.29) is 16.9 Å². The number of fused-ring (bicyclic) bond motifs is 5. The molecule has 4 nitrogen and oxygen atoms in total. The molecule has 2 heterocycles. The maximum Gasteiger partial charge on any atom is 0.344 e. The number of benzene rings is 2. The summed E-state index contributed by atoms with van der Waals surface area (Å²) in [4.78, 5) is 12.6. The molecule has 1 aliphatic heterocycles. The van der Waals surface area contributed by atoms with Gasteiger partial charge in [-0.25, -0.2) is 9.18 Å². The van der Waals surface area contributed by atoms with Gasteiger partial charge in [0, 0.05) is 28.8 Å². The van der Waals surface area contributed by atoms with Gasteiger partial charge in [-0.3, -0.25) is 0 Å². The summed E-state index contributed by atoms with van der Waals surface area (Å²) in [6, 6.07) is 5.76. The van der Waals surface area contributed by atoms with E-state index < -0.39 is 11.4 Å². The zero-order chi connectivity index (χ0) is 17.2. The minimum absolute atomic E-state index is 0.0377. The molecular formula is C19H16FNO3. The monoisotopic (exact) mass is 325 g/mol. The lowest BCUT2D eigenvalue weighted by Crippen LogP contribution is -2.31. The van der Waals surface area contributed by atoms with Gasteiger partial charge >= 0.3 is 5.63 Å². The van der Waals surface area contributed by atoms with Gasteiger partial charge in [-0.2, -0.15) is 0 Å². The quantitative estimate of drug-likeness (QED) is 0.475. The summed E-state index contributed by atoms with van der Waals surface area (Å²) in [6.07, 6.45) is 2.04. The number of anilines is 1. The average Bonchev–Trinajstić information content (AvgIpc) is 2.44. The first kappa shape index (κ1) is 14.8. The molecule has 0 aliphatic carbocycles. The number of halogens is 1. The number of phenols is 1. The van der Waals surface area contributed by atoms with Crippen LogP contribution in [0.1, 0.15) is 26.3 Å². The number of hydrogen-bond acceptors (Lipinski definition) is 4. The first-order valence-electron chi connectivity index (χ1n) is 7.67. The molecule has 3 aromatic rings. The first-order valence-corrected chi connectivity index (χ1v) is 7.67. The molecule has 0 atom stereocenters. The Hall–Kier alpha value is -2.82. The maximum absolute atomic E-state index is 13.5. The van der Waals surface area contributed by atoms with Crippen molar-refractivity contribution < 1.29 is 13.9 Å². The summed E-state index contributed by atoms with van der Waals surface area (Å²) >= 11 is 0. The number of phenolic OH excluding ortho intramolecular Hbond substituents is 1. The third kappa shape index (κ3) is 2.01. The van der Waals surface area contributed by atoms with E-state index >= 15 is 0 Å². The van der Waals surface area contributed by atoms with Crippen molar-refractivity contribution >= 4 is 33.0 Å². The highest BCUT2D eigenvalue weighted by molar-refractivity contribution is 6.12. The van der Waals surface area contributed by atoms with Crippen molar-refractivity contribution in [2.45, 2.75) is 26.3 Å². The SMILES string of the molecule is CC1=CC(C)(C)Nc2ccc3c(c21)c(=O)oc1cc(F)cc(O)c13. The second kappa shape index (κ2) is 4.60. The van der Waals surface area contributed by atoms with Crippen molar-refractivity contribution in [3.8, 4) is 5.75 Å². The van der Waals surface area contributed by atoms with Crippen LogP contribution < -0.4 is 10.9 Å². The lowest BCUT2D eigenvalue weighted by Gasteiger charge is -2.31. The fourth-order valence-electron chi connectivity index (χ4n) is 3.60. The minimum Gasteiger partial charge on any atom is -0.507 e. The number of nitrogens with one attached hydrogen (secondary N) is 1. The Kier molecular flexibility index (Phi) is 2.83. The molecule has 122 valence electrons. The predicted octanol–water partition coefficient (Wildman–Crippen LogP) is 4.40. The zero-order valence-corrected chi connectivity index (χ0v) is 13.5. The largest absolute Gasteiger partial charge is 0.507 e. The van der Waals surface area contributed by atoms with Crippen LogP contribution in [0.15, 0.2) is 39.6 Å². The lowest BCUT2D eigenvalue weighted by atomic mass is 9.88. The van der Waals surface area contributed by atoms with Gasteiger partial charge in [0.05, 0.1) is 16.3 Å². The van der Waals surface area contributed by atoms with Crippen molar-refractivity contribution in [2.75, 3.05) is 5.32 Å². The minimum atomic E-state index is -0.653. The van der Waals surface area contributed by atoms with Crippen LogP contribution in [0.25, 0.3) is 27.3 Å². The van der Waals surface area contributed by atoms with Crippen LogP contribution in [0.2, 0.25) is 0 Å². The Morgan fingerprint density at radius 1 is 1.21 bits per heavy atom. The van der Waals surface area contributed by atoms with Crippen molar-refractivity contribution in [3.63, 3.8) is 0 Å². The summed E-state index contributed by atoms with van der Waals surface area (Å²) in [6.45, 7) is 6.03. The Morgan fingerprint density at radius 2 is 1.96 bits per heavy atom. The summed E-state index contributed by atoms with van der Waals surface area (Å²) in [5.74, 6) is -0.899. The van der Waals surface area contributed by atoms with Crippen molar-refractivity contribution in [1.29, 1.82) is 0 Å². The summed E-state index contributed by atoms with van der Waals surface area (Å²) < 4.78 is 18.8. The topological polar surface area (TPSA) is 62.5 Å². The predicted molar refractivity (Wildman–Crippen MR) is 93.0 cm³/mol. The molecule has 2 N–H and O–H groups in total. The summed E-state index contributed by atoms with van der Waals surface area (Å²) in [5.41, 5.74) is 1.80. The highest BCUT2D eigenvalue weighted by Gasteiger charge is 2.26. The standard InChI is InChI=1S/C19H16FNO3/c1-9-8-19(2,3)21-12-5-4-11-16-13(22)6-10(20)7-14(16)24-18(23)17(11)15(9)12/h4-8,21-22H,1-3H3. The molecule has 1 aromatic heterocycles. The van der Waals surface area contributed by atoms with Gasteiger partial charge in [-0.15, -0.1) is 0 Å². The second-order valence-electron chi connectivity index (χ2n) is 6.77. The molecule has 0 saturated heterocycles. The smallest absolute Gasteiger partial charge is 0.344 e. The maximum atomic E-state index is 13.5. The van der Waals surface area contributed by atoms with Crippen LogP contribution >= 0.6 is 0 Å². The number of aromatic hydroxyl groups is 1. The van der Waals surface area contributed by atoms with Crippen LogP contribution in [0.3, 0.4) is 0 Å². The van der Waals surface area contributed by atoms with E-state index in [2.05, 4.69) is 5.32 Å². The van der Waals surface area contributed by atoms with Gasteiger partial charge in [0.25, 0.3) is 0 Å². The first-order chi connectivity index (χ1) is 11.3. The van der Waals surface area contributed by atoms with Crippen LogP contribution in [-0.2, 0) is 0 Å². The van der Waals surface area contributed by atoms with Crippen LogP contribution in [0, 0.1) is 5.82 Å². The molecular weight excluding hydrogens is 309 g/mol. The third-order valence-corrected chi connectivity index (χ3v) is 4.36. The van der Waals surface area contributed by atoms with E-state index in [0.29, 0.717) is 16.2 Å². The van der Waals surface area contributed by atoms with Crippen molar-refractivity contribution in [1.82, 2.24) is 0 Å². The molecule has 0 saturated carbocycles. The average molecular weight is 325 g/mol. The molecule has 0 radical (unpaired) electrons. The highest BCUT2D eigenvalue weighted by Crippen LogP contribution is 2.40. The van der Waals surface area contributed by atoms with E-state index in [1.807, 2.05) is 32.9 Å². The lowest BCUT2D eigenvalue weighted by molar-refractivity contribution is 0.473. The summed E-state index contributed by atoms with van der Waals surface area (Å²) in [5, 5.41) is 14.8. The van der Waals surface area contributed by atoms with Gasteiger partial charge in [-0.05, 0) is 32.4 Å². The van der Waals surface area contributed by atoms with E-state index in [9.17, 15) is 14.3 Å². The second-order valence-corrected chi connectivity index (χ2v) is 6.77. The molecule has 5 heteroatoms. The van der Waals surface area contributed by atoms with Crippen molar-refractivity contribution in [2.24, 2.45) is 0 Å². The zero-order valence-electron chi connectivity index (χ0n) is 13.5. The van der Waals surface area contributed by atoms with Gasteiger partial charge in [-0.1, -0.05) is 12.1 Å². The van der Waals surface area contributed by atoms with Gasteiger partial charge in [0.15, 0.2) is 0 Å². The molecule has 24 heavy (non-hydrogen) atoms. The van der Waals surface area contributed by atoms with E-state index in [0.717, 1.165) is 29.0 Å². The molecule has 4 rings (SSSR count). The van der Waals surface area contributed by atoms with Gasteiger partial charge in [0.1, 0.15) is 17.1 Å². The van der Waals surface area contributed by atoms with Crippen molar-refractivity contribution in [3.05, 3.63) is 52.1 Å². The molecule has 0 amide bonds. The van der Waals surface area contributed by atoms with Gasteiger partial charge < -0.3 is 14.8 Å². The number of hydrogen-bond donors (Lipinski definition) is 2. The van der Waals surface area contributed by atoms with Gasteiger partial charge in [0.2, 0.25) is 0 Å². The number of rotatable bonds is 0. The fourth-order valence-corrected chi connectivity index (χ4v) is 3.60. The Balaban J connectivity index is 2.21. The van der Waals surface area contributed by atoms with Crippen LogP contribution in [0.4, 0.5) is 10.1 Å². The normalized spacial score (nSPS) is 15.9. The third-order valence-electron chi connectivity index (χ3n) is 4.36. The van der Waals surface area contributed by atoms with E-state index in [1.54, 1.807) is 6.07 Å². The van der Waals surface area contributed by atoms with E-state index in [4.69, 9.17) is 4.42 Å². The van der Waals surface area contributed by atoms with Crippen LogP contribution in [0.5, 0.6) is 5.75 Å². The summed E-state index contributed by atoms with van der Waals surface area (Å²) in [7, 11) is 0. The molecule has 2 aromatic carbocycles. The highest BCUT2D eigenvalue weighted by atomic mass is 19.1.